The monoisotopic (exact) mass is 296 g/mol. The van der Waals surface area contributed by atoms with Crippen LogP contribution in [0.5, 0.6) is 5.75 Å². The largest absolute Gasteiger partial charge is 0.490 e. The predicted molar refractivity (Wildman–Crippen MR) is 68.9 cm³/mol. The maximum Gasteiger partial charge on any atom is 0.449 e. The lowest BCUT2D eigenvalue weighted by Gasteiger charge is -2.08. The normalized spacial score (nSPS) is 15.0. The zero-order chi connectivity index (χ0) is 15.0. The van der Waals surface area contributed by atoms with E-state index in [1.54, 1.807) is 29.2 Å². The molecule has 0 unspecified atom stereocenters. The van der Waals surface area contributed by atoms with Crippen LogP contribution in [0.15, 0.2) is 35.1 Å². The van der Waals surface area contributed by atoms with E-state index < -0.39 is 17.6 Å². The Morgan fingerprint density at radius 3 is 2.43 bits per heavy atom. The molecule has 110 valence electrons. The molecular formula is C14H11F3N2O2. The number of rotatable bonds is 3. The molecule has 1 aromatic carbocycles. The lowest BCUT2D eigenvalue weighted by molar-refractivity contribution is -0.145. The third kappa shape index (κ3) is 3.24. The third-order valence-electron chi connectivity index (χ3n) is 2.99. The van der Waals surface area contributed by atoms with Crippen molar-refractivity contribution in [1.82, 2.24) is 9.97 Å². The van der Waals surface area contributed by atoms with Gasteiger partial charge in [0.15, 0.2) is 0 Å². The molecule has 1 fully saturated rings. The lowest BCUT2D eigenvalue weighted by atomic mass is 10.1. The van der Waals surface area contributed by atoms with E-state index in [4.69, 9.17) is 4.74 Å². The van der Waals surface area contributed by atoms with Crippen molar-refractivity contribution < 1.29 is 17.9 Å². The Labute approximate surface area is 117 Å². The second kappa shape index (κ2) is 4.91. The van der Waals surface area contributed by atoms with Gasteiger partial charge >= 0.3 is 6.18 Å². The molecule has 0 atom stereocenters. The third-order valence-corrected chi connectivity index (χ3v) is 2.99. The van der Waals surface area contributed by atoms with Gasteiger partial charge in [-0.3, -0.25) is 4.79 Å². The number of nitrogens with one attached hydrogen (secondary N) is 1. The summed E-state index contributed by atoms with van der Waals surface area (Å²) in [6.07, 6.45) is -2.41. The van der Waals surface area contributed by atoms with Gasteiger partial charge in [0.05, 0.1) is 11.8 Å². The van der Waals surface area contributed by atoms with E-state index >= 15 is 0 Å². The number of nitrogens with zero attached hydrogens (tertiary/aromatic N) is 1. The number of hydrogen-bond donors (Lipinski definition) is 1. The van der Waals surface area contributed by atoms with Crippen molar-refractivity contribution in [2.24, 2.45) is 0 Å². The van der Waals surface area contributed by atoms with Crippen molar-refractivity contribution in [2.45, 2.75) is 25.1 Å². The van der Waals surface area contributed by atoms with E-state index in [-0.39, 0.29) is 11.8 Å². The van der Waals surface area contributed by atoms with Crippen LogP contribution in [0.25, 0.3) is 11.3 Å². The Hall–Kier alpha value is -2.31. The highest BCUT2D eigenvalue weighted by atomic mass is 19.4. The summed E-state index contributed by atoms with van der Waals surface area (Å²) in [6.45, 7) is 0. The minimum atomic E-state index is -4.69. The number of halogens is 3. The zero-order valence-electron chi connectivity index (χ0n) is 10.8. The first-order valence-corrected chi connectivity index (χ1v) is 6.37. The first-order valence-electron chi connectivity index (χ1n) is 6.37. The van der Waals surface area contributed by atoms with Gasteiger partial charge in [0, 0.05) is 11.6 Å². The van der Waals surface area contributed by atoms with Crippen molar-refractivity contribution in [2.75, 3.05) is 0 Å². The van der Waals surface area contributed by atoms with Crippen molar-refractivity contribution in [1.29, 1.82) is 0 Å². The molecule has 0 radical (unpaired) electrons. The SMILES string of the molecule is O=c1cc(-c2ccc(OC3CC3)cc2)nc(C(F)(F)F)[nH]1. The maximum atomic E-state index is 12.6. The zero-order valence-corrected chi connectivity index (χ0v) is 10.8. The average molecular weight is 296 g/mol. The highest BCUT2D eigenvalue weighted by Gasteiger charge is 2.34. The van der Waals surface area contributed by atoms with E-state index in [9.17, 15) is 18.0 Å². The van der Waals surface area contributed by atoms with Gasteiger partial charge in [0.1, 0.15) is 5.75 Å². The highest BCUT2D eigenvalue weighted by Crippen LogP contribution is 2.29. The summed E-state index contributed by atoms with van der Waals surface area (Å²) >= 11 is 0. The van der Waals surface area contributed by atoms with E-state index in [1.165, 1.54) is 0 Å². The summed E-state index contributed by atoms with van der Waals surface area (Å²) < 4.78 is 43.4. The standard InChI is InChI=1S/C14H11F3N2O2/c15-14(16,17)13-18-11(7-12(20)19-13)8-1-3-9(4-2-8)21-10-5-6-10/h1-4,7,10H,5-6H2,(H,18,19,20). The molecule has 3 rings (SSSR count). The fourth-order valence-corrected chi connectivity index (χ4v) is 1.82. The fourth-order valence-electron chi connectivity index (χ4n) is 1.82. The van der Waals surface area contributed by atoms with Crippen LogP contribution in [0, 0.1) is 0 Å². The molecule has 1 aliphatic carbocycles. The van der Waals surface area contributed by atoms with Gasteiger partial charge in [-0.2, -0.15) is 13.2 Å². The topological polar surface area (TPSA) is 55.0 Å². The molecule has 0 saturated heterocycles. The van der Waals surface area contributed by atoms with Gasteiger partial charge in [0.25, 0.3) is 5.56 Å². The molecule has 1 saturated carbocycles. The Kier molecular flexibility index (Phi) is 3.19. The number of aromatic nitrogens is 2. The lowest BCUT2D eigenvalue weighted by Crippen LogP contribution is -2.18. The molecule has 0 amide bonds. The molecule has 2 aromatic rings. The van der Waals surface area contributed by atoms with Gasteiger partial charge in [-0.05, 0) is 37.1 Å². The van der Waals surface area contributed by atoms with Gasteiger partial charge in [-0.25, -0.2) is 4.98 Å². The van der Waals surface area contributed by atoms with Crippen LogP contribution >= 0.6 is 0 Å². The second-order valence-electron chi connectivity index (χ2n) is 4.82. The molecule has 4 nitrogen and oxygen atoms in total. The first-order chi connectivity index (χ1) is 9.91. The van der Waals surface area contributed by atoms with Crippen LogP contribution in [0.2, 0.25) is 0 Å². The number of benzene rings is 1. The molecule has 1 heterocycles. The molecular weight excluding hydrogens is 285 g/mol. The van der Waals surface area contributed by atoms with Crippen LogP contribution in [-0.4, -0.2) is 16.1 Å². The van der Waals surface area contributed by atoms with Gasteiger partial charge in [-0.1, -0.05) is 0 Å². The number of ether oxygens (including phenoxy) is 1. The Bertz CT molecular complexity index is 703. The van der Waals surface area contributed by atoms with Crippen LogP contribution in [0.1, 0.15) is 18.7 Å². The second-order valence-corrected chi connectivity index (χ2v) is 4.82. The molecule has 0 aliphatic heterocycles. The van der Waals surface area contributed by atoms with Crippen molar-refractivity contribution in [3.63, 3.8) is 0 Å². The van der Waals surface area contributed by atoms with Crippen molar-refractivity contribution in [3.05, 3.63) is 46.5 Å². The fraction of sp³-hybridized carbons (Fsp3) is 0.286. The molecule has 1 N–H and O–H groups in total. The maximum absolute atomic E-state index is 12.6. The van der Waals surface area contributed by atoms with Crippen LogP contribution in [0.3, 0.4) is 0 Å². The summed E-state index contributed by atoms with van der Waals surface area (Å²) in [5, 5.41) is 0. The predicted octanol–water partition coefficient (Wildman–Crippen LogP) is 3.00. The van der Waals surface area contributed by atoms with Crippen LogP contribution in [0.4, 0.5) is 13.2 Å². The van der Waals surface area contributed by atoms with Gasteiger partial charge in [0.2, 0.25) is 5.82 Å². The van der Waals surface area contributed by atoms with E-state index in [2.05, 4.69) is 4.98 Å². The molecule has 1 aliphatic rings. The Balaban J connectivity index is 1.92. The van der Waals surface area contributed by atoms with Crippen LogP contribution < -0.4 is 10.3 Å². The number of hydrogen-bond acceptors (Lipinski definition) is 3. The Morgan fingerprint density at radius 1 is 1.19 bits per heavy atom. The van der Waals surface area contributed by atoms with E-state index in [0.29, 0.717) is 11.3 Å². The molecule has 21 heavy (non-hydrogen) atoms. The van der Waals surface area contributed by atoms with Crippen LogP contribution in [-0.2, 0) is 6.18 Å². The van der Waals surface area contributed by atoms with Crippen molar-refractivity contribution >= 4 is 0 Å². The quantitative estimate of drug-likeness (QED) is 0.947. The average Bonchev–Trinajstić information content (AvgIpc) is 3.22. The van der Waals surface area contributed by atoms with Gasteiger partial charge in [-0.15, -0.1) is 0 Å². The highest BCUT2D eigenvalue weighted by molar-refractivity contribution is 5.59. The smallest absolute Gasteiger partial charge is 0.449 e. The number of aromatic amines is 1. The summed E-state index contributed by atoms with van der Waals surface area (Å²) in [5.74, 6) is -0.648. The Morgan fingerprint density at radius 2 is 1.86 bits per heavy atom. The minimum Gasteiger partial charge on any atom is -0.490 e. The number of alkyl halides is 3. The summed E-state index contributed by atoms with van der Waals surface area (Å²) in [5.41, 5.74) is -0.440. The molecule has 0 spiro atoms. The van der Waals surface area contributed by atoms with E-state index in [1.807, 2.05) is 0 Å². The molecule has 7 heteroatoms. The van der Waals surface area contributed by atoms with E-state index in [0.717, 1.165) is 18.9 Å². The van der Waals surface area contributed by atoms with Gasteiger partial charge < -0.3 is 9.72 Å². The first kappa shape index (κ1) is 13.7. The summed E-state index contributed by atoms with van der Waals surface area (Å²) in [6, 6.07) is 7.51. The summed E-state index contributed by atoms with van der Waals surface area (Å²) in [7, 11) is 0. The minimum absolute atomic E-state index is 0.0240. The number of H-pyrrole nitrogens is 1. The molecule has 0 bridgehead atoms. The summed E-state index contributed by atoms with van der Waals surface area (Å²) in [4.78, 5) is 16.5. The molecule has 1 aromatic heterocycles. The van der Waals surface area contributed by atoms with Crippen molar-refractivity contribution in [3.8, 4) is 17.0 Å².